The third-order valence-corrected chi connectivity index (χ3v) is 4.12. The van der Waals surface area contributed by atoms with Crippen LogP contribution in [-0.4, -0.2) is 28.6 Å². The van der Waals surface area contributed by atoms with E-state index in [2.05, 4.69) is 11.8 Å². The number of aliphatic carboxylic acids is 1. The van der Waals surface area contributed by atoms with Crippen LogP contribution in [-0.2, 0) is 4.79 Å². The van der Waals surface area contributed by atoms with Crippen LogP contribution in [0.1, 0.15) is 50.6 Å². The topological polar surface area (TPSA) is 40.5 Å². The van der Waals surface area contributed by atoms with E-state index >= 15 is 0 Å². The second-order valence-corrected chi connectivity index (χ2v) is 5.46. The fourth-order valence-electron chi connectivity index (χ4n) is 3.20. The molecule has 1 aromatic carbocycles. The van der Waals surface area contributed by atoms with Gasteiger partial charge in [-0.05, 0) is 43.5 Å². The number of carboxylic acids is 1. The summed E-state index contributed by atoms with van der Waals surface area (Å²) >= 11 is 0. The van der Waals surface area contributed by atoms with Crippen molar-refractivity contribution in [3.63, 3.8) is 0 Å². The molecule has 1 N–H and O–H groups in total. The van der Waals surface area contributed by atoms with E-state index in [0.717, 1.165) is 37.8 Å². The van der Waals surface area contributed by atoms with E-state index in [9.17, 15) is 9.18 Å². The molecule has 1 fully saturated rings. The molecule has 1 aliphatic rings. The maximum absolute atomic E-state index is 13.1. The average molecular weight is 279 g/mol. The van der Waals surface area contributed by atoms with Gasteiger partial charge >= 0.3 is 5.97 Å². The van der Waals surface area contributed by atoms with Gasteiger partial charge in [0.15, 0.2) is 0 Å². The van der Waals surface area contributed by atoms with Crippen LogP contribution in [0.3, 0.4) is 0 Å². The minimum Gasteiger partial charge on any atom is -0.481 e. The second kappa shape index (κ2) is 6.84. The summed E-state index contributed by atoms with van der Waals surface area (Å²) in [5, 5.41) is 9.07. The molecule has 0 aromatic heterocycles. The van der Waals surface area contributed by atoms with Crippen LogP contribution in [0.25, 0.3) is 0 Å². The van der Waals surface area contributed by atoms with E-state index in [4.69, 9.17) is 5.11 Å². The Hall–Kier alpha value is -1.42. The third kappa shape index (κ3) is 3.57. The molecule has 0 aliphatic carbocycles. The van der Waals surface area contributed by atoms with Gasteiger partial charge in [0, 0.05) is 12.1 Å². The van der Waals surface area contributed by atoms with E-state index in [1.165, 1.54) is 12.1 Å². The minimum atomic E-state index is -0.740. The van der Waals surface area contributed by atoms with Crippen molar-refractivity contribution >= 4 is 5.97 Å². The van der Waals surface area contributed by atoms with Crippen molar-refractivity contribution in [3.05, 3.63) is 35.6 Å². The standard InChI is InChI=1S/C16H22FNO2/c1-2-15(12-6-8-13(17)9-7-12)18-10-4-3-5-14(18)11-16(19)20/h6-9,14-15H,2-5,10-11H2,1H3,(H,19,20). The number of carboxylic acid groups (broad SMARTS) is 1. The maximum atomic E-state index is 13.1. The molecule has 0 saturated carbocycles. The molecular weight excluding hydrogens is 257 g/mol. The van der Waals surface area contributed by atoms with Gasteiger partial charge in [-0.15, -0.1) is 0 Å². The average Bonchev–Trinajstić information content (AvgIpc) is 2.43. The molecule has 1 heterocycles. The van der Waals surface area contributed by atoms with Crippen molar-refractivity contribution in [2.75, 3.05) is 6.54 Å². The number of carbonyl (C=O) groups is 1. The van der Waals surface area contributed by atoms with Crippen molar-refractivity contribution in [1.82, 2.24) is 4.90 Å². The Morgan fingerprint density at radius 3 is 2.70 bits per heavy atom. The van der Waals surface area contributed by atoms with E-state index < -0.39 is 5.97 Å². The van der Waals surface area contributed by atoms with Crippen LogP contribution < -0.4 is 0 Å². The van der Waals surface area contributed by atoms with Crippen molar-refractivity contribution in [2.45, 2.75) is 51.1 Å². The Bertz CT molecular complexity index is 446. The summed E-state index contributed by atoms with van der Waals surface area (Å²) in [5.74, 6) is -0.972. The van der Waals surface area contributed by atoms with Crippen LogP contribution in [0, 0.1) is 5.82 Å². The second-order valence-electron chi connectivity index (χ2n) is 5.46. The Labute approximate surface area is 119 Å². The van der Waals surface area contributed by atoms with E-state index in [-0.39, 0.29) is 24.3 Å². The molecule has 1 saturated heterocycles. The molecule has 2 unspecified atom stereocenters. The summed E-state index contributed by atoms with van der Waals surface area (Å²) < 4.78 is 13.1. The summed E-state index contributed by atoms with van der Waals surface area (Å²) in [6.45, 7) is 3.02. The quantitative estimate of drug-likeness (QED) is 0.895. The van der Waals surface area contributed by atoms with Crippen LogP contribution in [0.5, 0.6) is 0 Å². The fourth-order valence-corrected chi connectivity index (χ4v) is 3.20. The number of nitrogens with zero attached hydrogens (tertiary/aromatic N) is 1. The lowest BCUT2D eigenvalue weighted by Gasteiger charge is -2.40. The lowest BCUT2D eigenvalue weighted by atomic mass is 9.93. The number of likely N-dealkylation sites (tertiary alicyclic amines) is 1. The molecule has 0 amide bonds. The first kappa shape index (κ1) is 15.0. The van der Waals surface area contributed by atoms with Gasteiger partial charge in [-0.3, -0.25) is 9.69 Å². The molecule has 20 heavy (non-hydrogen) atoms. The summed E-state index contributed by atoms with van der Waals surface area (Å²) in [6.07, 6.45) is 4.23. The molecule has 110 valence electrons. The Morgan fingerprint density at radius 2 is 2.10 bits per heavy atom. The fraction of sp³-hybridized carbons (Fsp3) is 0.562. The largest absolute Gasteiger partial charge is 0.481 e. The van der Waals surface area contributed by atoms with Gasteiger partial charge < -0.3 is 5.11 Å². The van der Waals surface area contributed by atoms with Crippen LogP contribution in [0.4, 0.5) is 4.39 Å². The maximum Gasteiger partial charge on any atom is 0.304 e. The molecule has 1 aromatic rings. The smallest absolute Gasteiger partial charge is 0.304 e. The predicted octanol–water partition coefficient (Wildman–Crippen LogP) is 3.61. The zero-order valence-electron chi connectivity index (χ0n) is 11.9. The van der Waals surface area contributed by atoms with Gasteiger partial charge in [0.05, 0.1) is 6.42 Å². The third-order valence-electron chi connectivity index (χ3n) is 4.12. The summed E-state index contributed by atoms with van der Waals surface area (Å²) in [7, 11) is 0. The lowest BCUT2D eigenvalue weighted by Crippen LogP contribution is -2.43. The Kier molecular flexibility index (Phi) is 5.12. The first-order valence-electron chi connectivity index (χ1n) is 7.34. The van der Waals surface area contributed by atoms with Crippen LogP contribution >= 0.6 is 0 Å². The number of hydrogen-bond acceptors (Lipinski definition) is 2. The molecule has 0 radical (unpaired) electrons. The highest BCUT2D eigenvalue weighted by atomic mass is 19.1. The van der Waals surface area contributed by atoms with Crippen molar-refractivity contribution in [3.8, 4) is 0 Å². The van der Waals surface area contributed by atoms with Crippen LogP contribution in [0.2, 0.25) is 0 Å². The lowest BCUT2D eigenvalue weighted by molar-refractivity contribution is -0.139. The highest BCUT2D eigenvalue weighted by Crippen LogP contribution is 2.32. The van der Waals surface area contributed by atoms with Gasteiger partial charge in [0.1, 0.15) is 5.82 Å². The van der Waals surface area contributed by atoms with E-state index in [1.54, 1.807) is 0 Å². The van der Waals surface area contributed by atoms with Gasteiger partial charge in [0.25, 0.3) is 0 Å². The molecule has 2 atom stereocenters. The molecule has 4 heteroatoms. The summed E-state index contributed by atoms with van der Waals surface area (Å²) in [5.41, 5.74) is 1.08. The van der Waals surface area contributed by atoms with Crippen molar-refractivity contribution in [2.24, 2.45) is 0 Å². The highest BCUT2D eigenvalue weighted by molar-refractivity contribution is 5.67. The zero-order chi connectivity index (χ0) is 14.5. The molecule has 3 nitrogen and oxygen atoms in total. The molecule has 0 bridgehead atoms. The van der Waals surface area contributed by atoms with Gasteiger partial charge in [-0.2, -0.15) is 0 Å². The van der Waals surface area contributed by atoms with Gasteiger partial charge in [-0.1, -0.05) is 25.5 Å². The Morgan fingerprint density at radius 1 is 1.40 bits per heavy atom. The number of rotatable bonds is 5. The molecule has 2 rings (SSSR count). The SMILES string of the molecule is CCC(c1ccc(F)cc1)N1CCCCC1CC(=O)O. The number of hydrogen-bond donors (Lipinski definition) is 1. The predicted molar refractivity (Wildman–Crippen MR) is 76.0 cm³/mol. The number of halogens is 1. The van der Waals surface area contributed by atoms with Crippen LogP contribution in [0.15, 0.2) is 24.3 Å². The summed E-state index contributed by atoms with van der Waals surface area (Å²) in [6, 6.07) is 6.87. The van der Waals surface area contributed by atoms with Crippen molar-refractivity contribution in [1.29, 1.82) is 0 Å². The normalized spacial score (nSPS) is 21.6. The monoisotopic (exact) mass is 279 g/mol. The first-order chi connectivity index (χ1) is 9.61. The van der Waals surface area contributed by atoms with Gasteiger partial charge in [0.2, 0.25) is 0 Å². The van der Waals surface area contributed by atoms with Gasteiger partial charge in [-0.25, -0.2) is 4.39 Å². The number of benzene rings is 1. The molecular formula is C16H22FNO2. The number of piperidine rings is 1. The molecule has 1 aliphatic heterocycles. The van der Waals surface area contributed by atoms with Crippen molar-refractivity contribution < 1.29 is 14.3 Å². The van der Waals surface area contributed by atoms with E-state index in [1.807, 2.05) is 12.1 Å². The highest BCUT2D eigenvalue weighted by Gasteiger charge is 2.30. The minimum absolute atomic E-state index is 0.0938. The Balaban J connectivity index is 2.19. The molecule has 0 spiro atoms. The first-order valence-corrected chi connectivity index (χ1v) is 7.34. The summed E-state index contributed by atoms with van der Waals surface area (Å²) in [4.78, 5) is 13.3. The zero-order valence-corrected chi connectivity index (χ0v) is 11.9. The van der Waals surface area contributed by atoms with E-state index in [0.29, 0.717) is 0 Å².